The van der Waals surface area contributed by atoms with Crippen LogP contribution in [0.3, 0.4) is 0 Å². The zero-order chi connectivity index (χ0) is 20.2. The van der Waals surface area contributed by atoms with Crippen molar-refractivity contribution >= 4 is 23.6 Å². The molecule has 2 aromatic rings. The molecule has 1 N–H and O–H groups in total. The quantitative estimate of drug-likeness (QED) is 0.326. The molecule has 0 unspecified atom stereocenters. The Morgan fingerprint density at radius 3 is 2.46 bits per heavy atom. The zero-order valence-electron chi connectivity index (χ0n) is 16.1. The Labute approximate surface area is 171 Å². The maximum absolute atomic E-state index is 12.3. The van der Waals surface area contributed by atoms with Gasteiger partial charge in [-0.2, -0.15) is 5.26 Å². The fraction of sp³-hybridized carbons (Fsp3) is 0.304. The molecular weight excluding hydrogens is 372 g/mol. The molecule has 1 amide bonds. The molecule has 4 nitrogen and oxygen atoms in total. The molecule has 0 aliphatic carbocycles. The van der Waals surface area contributed by atoms with E-state index in [1.165, 1.54) is 19.3 Å². The van der Waals surface area contributed by atoms with Crippen LogP contribution in [0.4, 0.5) is 0 Å². The topological polar surface area (TPSA) is 62.1 Å². The Bertz CT molecular complexity index is 821. The van der Waals surface area contributed by atoms with Crippen molar-refractivity contribution in [1.82, 2.24) is 5.32 Å². The highest BCUT2D eigenvalue weighted by Gasteiger charge is 2.09. The number of benzene rings is 2. The van der Waals surface area contributed by atoms with Crippen molar-refractivity contribution in [3.05, 3.63) is 70.3 Å². The molecule has 0 radical (unpaired) electrons. The van der Waals surface area contributed by atoms with Crippen molar-refractivity contribution in [2.75, 3.05) is 6.61 Å². The van der Waals surface area contributed by atoms with Gasteiger partial charge >= 0.3 is 0 Å². The van der Waals surface area contributed by atoms with Gasteiger partial charge in [0.2, 0.25) is 0 Å². The number of nitriles is 1. The molecular formula is C23H25ClN2O2. The summed E-state index contributed by atoms with van der Waals surface area (Å²) in [6, 6.07) is 16.5. The molecule has 0 saturated heterocycles. The van der Waals surface area contributed by atoms with Crippen LogP contribution in [-0.2, 0) is 11.3 Å². The van der Waals surface area contributed by atoms with E-state index in [-0.39, 0.29) is 5.57 Å². The summed E-state index contributed by atoms with van der Waals surface area (Å²) < 4.78 is 5.71. The standard InChI is InChI=1S/C23H25ClN2O2/c1-2-3-4-5-14-28-22-12-8-18(9-13-22)15-20(16-25)23(27)26-17-19-6-10-21(24)11-7-19/h6-13,15H,2-5,14,17H2,1H3,(H,26,27)/b20-15+. The lowest BCUT2D eigenvalue weighted by Crippen LogP contribution is -2.23. The predicted molar refractivity (Wildman–Crippen MR) is 113 cm³/mol. The normalized spacial score (nSPS) is 11.0. The first-order valence-corrected chi connectivity index (χ1v) is 9.87. The van der Waals surface area contributed by atoms with Crippen molar-refractivity contribution in [3.8, 4) is 11.8 Å². The molecule has 0 fully saturated rings. The number of halogens is 1. The average molecular weight is 397 g/mol. The highest BCUT2D eigenvalue weighted by Crippen LogP contribution is 2.16. The van der Waals surface area contributed by atoms with Gasteiger partial charge in [-0.3, -0.25) is 4.79 Å². The van der Waals surface area contributed by atoms with Crippen LogP contribution in [0.5, 0.6) is 5.75 Å². The number of unbranched alkanes of at least 4 members (excludes halogenated alkanes) is 3. The van der Waals surface area contributed by atoms with Gasteiger partial charge in [-0.25, -0.2) is 0 Å². The molecule has 5 heteroatoms. The van der Waals surface area contributed by atoms with E-state index in [1.807, 2.05) is 42.5 Å². The van der Waals surface area contributed by atoms with Crippen LogP contribution in [0, 0.1) is 11.3 Å². The maximum atomic E-state index is 12.3. The highest BCUT2D eigenvalue weighted by atomic mass is 35.5. The molecule has 0 aliphatic rings. The molecule has 2 rings (SSSR count). The van der Waals surface area contributed by atoms with E-state index in [9.17, 15) is 10.1 Å². The van der Waals surface area contributed by atoms with Crippen LogP contribution in [0.1, 0.15) is 43.7 Å². The molecule has 0 spiro atoms. The van der Waals surface area contributed by atoms with Crippen molar-refractivity contribution < 1.29 is 9.53 Å². The summed E-state index contributed by atoms with van der Waals surface area (Å²) in [5.74, 6) is 0.382. The summed E-state index contributed by atoms with van der Waals surface area (Å²) >= 11 is 5.85. The van der Waals surface area contributed by atoms with E-state index >= 15 is 0 Å². The molecule has 0 aliphatic heterocycles. The van der Waals surface area contributed by atoms with Gasteiger partial charge in [0.05, 0.1) is 6.61 Å². The van der Waals surface area contributed by atoms with Crippen LogP contribution < -0.4 is 10.1 Å². The number of amides is 1. The second-order valence-corrected chi connectivity index (χ2v) is 6.89. The number of carbonyl (C=O) groups excluding carboxylic acids is 1. The fourth-order valence-electron chi connectivity index (χ4n) is 2.57. The van der Waals surface area contributed by atoms with Gasteiger partial charge in [0.25, 0.3) is 5.91 Å². The molecule has 0 saturated carbocycles. The van der Waals surface area contributed by atoms with Gasteiger partial charge in [-0.05, 0) is 47.9 Å². The number of nitrogens with one attached hydrogen (secondary N) is 1. The van der Waals surface area contributed by atoms with Gasteiger partial charge in [-0.1, -0.05) is 62.1 Å². The first kappa shape index (κ1) is 21.5. The van der Waals surface area contributed by atoms with E-state index in [2.05, 4.69) is 12.2 Å². The summed E-state index contributed by atoms with van der Waals surface area (Å²) in [6.45, 7) is 3.21. The number of rotatable bonds is 10. The lowest BCUT2D eigenvalue weighted by Gasteiger charge is -2.07. The molecule has 0 aromatic heterocycles. The highest BCUT2D eigenvalue weighted by molar-refractivity contribution is 6.30. The Balaban J connectivity index is 1.89. The summed E-state index contributed by atoms with van der Waals surface area (Å²) in [7, 11) is 0. The Kier molecular flexibility index (Phi) is 9.10. The summed E-state index contributed by atoms with van der Waals surface area (Å²) in [4.78, 5) is 12.3. The Morgan fingerprint density at radius 2 is 1.82 bits per heavy atom. The van der Waals surface area contributed by atoms with Crippen molar-refractivity contribution in [3.63, 3.8) is 0 Å². The van der Waals surface area contributed by atoms with Crippen LogP contribution in [-0.4, -0.2) is 12.5 Å². The number of nitrogens with zero attached hydrogens (tertiary/aromatic N) is 1. The largest absolute Gasteiger partial charge is 0.494 e. The SMILES string of the molecule is CCCCCCOc1ccc(/C=C(\C#N)C(=O)NCc2ccc(Cl)cc2)cc1. The van der Waals surface area contributed by atoms with Gasteiger partial charge in [-0.15, -0.1) is 0 Å². The van der Waals surface area contributed by atoms with Gasteiger partial charge in [0, 0.05) is 11.6 Å². The van der Waals surface area contributed by atoms with E-state index in [4.69, 9.17) is 16.3 Å². The van der Waals surface area contributed by atoms with Gasteiger partial charge in [0.1, 0.15) is 17.4 Å². The second kappa shape index (κ2) is 11.8. The minimum absolute atomic E-state index is 0.0576. The predicted octanol–water partition coefficient (Wildman–Crippen LogP) is 5.52. The van der Waals surface area contributed by atoms with Crippen LogP contribution in [0.2, 0.25) is 5.02 Å². The van der Waals surface area contributed by atoms with Crippen molar-refractivity contribution in [1.29, 1.82) is 5.26 Å². The molecule has 0 heterocycles. The molecule has 146 valence electrons. The van der Waals surface area contributed by atoms with Gasteiger partial charge in [0.15, 0.2) is 0 Å². The average Bonchev–Trinajstić information content (AvgIpc) is 2.72. The summed E-state index contributed by atoms with van der Waals surface area (Å²) in [6.07, 6.45) is 6.22. The van der Waals surface area contributed by atoms with E-state index in [0.29, 0.717) is 18.2 Å². The Morgan fingerprint density at radius 1 is 1.11 bits per heavy atom. The van der Waals surface area contributed by atoms with Crippen LogP contribution in [0.15, 0.2) is 54.1 Å². The zero-order valence-corrected chi connectivity index (χ0v) is 16.8. The van der Waals surface area contributed by atoms with E-state index < -0.39 is 5.91 Å². The second-order valence-electron chi connectivity index (χ2n) is 6.46. The number of hydrogen-bond donors (Lipinski definition) is 1. The molecule has 0 atom stereocenters. The fourth-order valence-corrected chi connectivity index (χ4v) is 2.70. The number of ether oxygens (including phenoxy) is 1. The third-order valence-electron chi connectivity index (χ3n) is 4.19. The molecule has 0 bridgehead atoms. The van der Waals surface area contributed by atoms with E-state index in [0.717, 1.165) is 23.3 Å². The van der Waals surface area contributed by atoms with Crippen LogP contribution in [0.25, 0.3) is 6.08 Å². The molecule has 2 aromatic carbocycles. The van der Waals surface area contributed by atoms with E-state index in [1.54, 1.807) is 18.2 Å². The minimum atomic E-state index is -0.409. The summed E-state index contributed by atoms with van der Waals surface area (Å²) in [5.41, 5.74) is 1.74. The number of hydrogen-bond acceptors (Lipinski definition) is 3. The Hall–Kier alpha value is -2.77. The van der Waals surface area contributed by atoms with Crippen molar-refractivity contribution in [2.45, 2.75) is 39.2 Å². The summed E-state index contributed by atoms with van der Waals surface area (Å²) in [5, 5.41) is 12.7. The maximum Gasteiger partial charge on any atom is 0.262 e. The minimum Gasteiger partial charge on any atom is -0.494 e. The lowest BCUT2D eigenvalue weighted by atomic mass is 10.1. The number of carbonyl (C=O) groups is 1. The smallest absolute Gasteiger partial charge is 0.262 e. The lowest BCUT2D eigenvalue weighted by molar-refractivity contribution is -0.117. The monoisotopic (exact) mass is 396 g/mol. The molecule has 28 heavy (non-hydrogen) atoms. The third-order valence-corrected chi connectivity index (χ3v) is 4.44. The first-order chi connectivity index (χ1) is 13.6. The van der Waals surface area contributed by atoms with Crippen LogP contribution >= 0.6 is 11.6 Å². The third kappa shape index (κ3) is 7.46. The van der Waals surface area contributed by atoms with Gasteiger partial charge < -0.3 is 10.1 Å². The first-order valence-electron chi connectivity index (χ1n) is 9.49. The van der Waals surface area contributed by atoms with Crippen molar-refractivity contribution in [2.24, 2.45) is 0 Å².